The van der Waals surface area contributed by atoms with Crippen molar-refractivity contribution >= 4 is 11.8 Å². The molecule has 2 aromatic carbocycles. The van der Waals surface area contributed by atoms with Crippen molar-refractivity contribution in [3.63, 3.8) is 0 Å². The molecule has 0 radical (unpaired) electrons. The van der Waals surface area contributed by atoms with E-state index in [2.05, 4.69) is 35.1 Å². The molecule has 0 amide bonds. The second kappa shape index (κ2) is 15.4. The summed E-state index contributed by atoms with van der Waals surface area (Å²) in [6.45, 7) is 4.08. The molecular formula is C29H30N2O4PtS. The van der Waals surface area contributed by atoms with Crippen LogP contribution in [-0.4, -0.2) is 42.2 Å². The Kier molecular flexibility index (Phi) is 12.6. The summed E-state index contributed by atoms with van der Waals surface area (Å²) >= 11 is 1.79. The normalized spacial score (nSPS) is 10.0. The number of benzene rings is 2. The summed E-state index contributed by atoms with van der Waals surface area (Å²) in [6, 6.07) is 21.4. The van der Waals surface area contributed by atoms with Crippen molar-refractivity contribution in [2.24, 2.45) is 0 Å². The number of nitrogens with zero attached hydrogens (tertiary/aromatic N) is 2. The third kappa shape index (κ3) is 8.32. The van der Waals surface area contributed by atoms with Gasteiger partial charge < -0.3 is 29.3 Å². The Morgan fingerprint density at radius 2 is 1.46 bits per heavy atom. The number of thioether (sulfide) groups is 1. The van der Waals surface area contributed by atoms with Crippen LogP contribution in [0.3, 0.4) is 0 Å². The summed E-state index contributed by atoms with van der Waals surface area (Å²) in [4.78, 5) is 9.87. The van der Waals surface area contributed by atoms with Crippen LogP contribution in [-0.2, 0) is 27.7 Å². The minimum atomic E-state index is -0.0569. The van der Waals surface area contributed by atoms with Crippen molar-refractivity contribution in [3.05, 3.63) is 84.2 Å². The molecule has 0 aliphatic rings. The third-order valence-corrected chi connectivity index (χ3v) is 6.08. The molecule has 0 aliphatic carbocycles. The fourth-order valence-electron chi connectivity index (χ4n) is 3.42. The Labute approximate surface area is 237 Å². The van der Waals surface area contributed by atoms with Gasteiger partial charge in [0.05, 0.1) is 21.3 Å². The average Bonchev–Trinajstić information content (AvgIpc) is 2.93. The van der Waals surface area contributed by atoms with E-state index in [-0.39, 0.29) is 27.7 Å². The number of aryl methyl sites for hydroxylation is 1. The maximum Gasteiger partial charge on any atom is 2.00 e. The van der Waals surface area contributed by atoms with E-state index in [1.165, 1.54) is 4.90 Å². The van der Waals surface area contributed by atoms with Crippen molar-refractivity contribution in [2.75, 3.05) is 27.1 Å². The van der Waals surface area contributed by atoms with Gasteiger partial charge in [-0.3, -0.25) is 0 Å². The molecule has 37 heavy (non-hydrogen) atoms. The van der Waals surface area contributed by atoms with Crippen LogP contribution >= 0.6 is 11.8 Å². The number of methoxy groups -OCH3 is 3. The number of aliphatic hydroxyl groups is 1. The van der Waals surface area contributed by atoms with E-state index >= 15 is 0 Å². The van der Waals surface area contributed by atoms with E-state index in [0.29, 0.717) is 11.5 Å². The molecule has 196 valence electrons. The second-order valence-corrected chi connectivity index (χ2v) is 8.95. The van der Waals surface area contributed by atoms with Crippen LogP contribution in [0.15, 0.2) is 65.8 Å². The minimum absolute atomic E-state index is 0. The predicted molar refractivity (Wildman–Crippen MR) is 144 cm³/mol. The fourth-order valence-corrected chi connectivity index (χ4v) is 4.10. The zero-order valence-electron chi connectivity index (χ0n) is 21.5. The maximum absolute atomic E-state index is 9.37. The van der Waals surface area contributed by atoms with E-state index in [0.717, 1.165) is 45.1 Å². The standard InChI is InChI=1S/C15H16NO2S.C14H14NO2.Pt/c1-4-19-12-7-8-16-14(10-12)13-6-5-11(17-2)9-15(13)18-3;1-10-5-6-15-14(7-10)13-4-3-12(17-2)8-11(13)9-16;/h5,7-10H,4H2,1-3H3;3,5-8,16H,9H2,1-2H3;/q2*-1;+2. The summed E-state index contributed by atoms with van der Waals surface area (Å²) in [6.07, 6.45) is 3.56. The van der Waals surface area contributed by atoms with Gasteiger partial charge in [0.2, 0.25) is 0 Å². The number of ether oxygens (including phenoxy) is 3. The Bertz CT molecular complexity index is 1290. The van der Waals surface area contributed by atoms with Crippen LogP contribution in [0.1, 0.15) is 18.1 Å². The number of aromatic nitrogens is 2. The summed E-state index contributed by atoms with van der Waals surface area (Å²) in [5, 5.41) is 9.37. The van der Waals surface area contributed by atoms with Crippen molar-refractivity contribution in [3.8, 4) is 39.8 Å². The smallest absolute Gasteiger partial charge is 0.540 e. The van der Waals surface area contributed by atoms with E-state index in [1.54, 1.807) is 57.5 Å². The van der Waals surface area contributed by atoms with Gasteiger partial charge in [0.15, 0.2) is 0 Å². The molecule has 0 spiro atoms. The van der Waals surface area contributed by atoms with Gasteiger partial charge in [0.25, 0.3) is 0 Å². The number of hydrogen-bond acceptors (Lipinski definition) is 7. The van der Waals surface area contributed by atoms with E-state index in [9.17, 15) is 5.11 Å². The summed E-state index contributed by atoms with van der Waals surface area (Å²) in [7, 11) is 4.85. The van der Waals surface area contributed by atoms with Crippen molar-refractivity contribution in [2.45, 2.75) is 25.3 Å². The van der Waals surface area contributed by atoms with Gasteiger partial charge in [-0.2, -0.15) is 0 Å². The molecule has 4 rings (SSSR count). The van der Waals surface area contributed by atoms with Crippen molar-refractivity contribution in [1.29, 1.82) is 0 Å². The van der Waals surface area contributed by atoms with Gasteiger partial charge in [-0.1, -0.05) is 47.9 Å². The zero-order valence-corrected chi connectivity index (χ0v) is 24.6. The number of aliphatic hydroxyl groups excluding tert-OH is 1. The Balaban J connectivity index is 0.000000255. The molecule has 0 unspecified atom stereocenters. The zero-order chi connectivity index (χ0) is 25.9. The van der Waals surface area contributed by atoms with Crippen LogP contribution in [0.5, 0.6) is 17.2 Å². The summed E-state index contributed by atoms with van der Waals surface area (Å²) in [5.74, 6) is 3.16. The monoisotopic (exact) mass is 697 g/mol. The first-order valence-corrected chi connectivity index (χ1v) is 12.4. The molecule has 4 aromatic rings. The maximum atomic E-state index is 9.37. The van der Waals surface area contributed by atoms with Crippen LogP contribution in [0.2, 0.25) is 0 Å². The Morgan fingerprint density at radius 1 is 0.838 bits per heavy atom. The molecule has 0 atom stereocenters. The molecule has 2 heterocycles. The number of hydrogen-bond donors (Lipinski definition) is 1. The number of rotatable bonds is 8. The molecule has 0 fully saturated rings. The molecule has 0 saturated heterocycles. The second-order valence-electron chi connectivity index (χ2n) is 7.61. The molecule has 0 bridgehead atoms. The van der Waals surface area contributed by atoms with Gasteiger partial charge in [-0.15, -0.1) is 41.6 Å². The molecule has 6 nitrogen and oxygen atoms in total. The van der Waals surface area contributed by atoms with Crippen LogP contribution in [0, 0.1) is 19.1 Å². The van der Waals surface area contributed by atoms with Crippen molar-refractivity contribution in [1.82, 2.24) is 9.97 Å². The first kappa shape index (κ1) is 30.4. The van der Waals surface area contributed by atoms with Gasteiger partial charge >= 0.3 is 21.1 Å². The van der Waals surface area contributed by atoms with Gasteiger partial charge in [0, 0.05) is 41.1 Å². The summed E-state index contributed by atoms with van der Waals surface area (Å²) < 4.78 is 15.7. The first-order chi connectivity index (χ1) is 17.5. The molecule has 0 aliphatic heterocycles. The SMILES string of the molecule is CCSc1ccnc(-c2[c-]cc(OC)cc2OC)c1.COc1c[c-]c(-c2cc(C)ccn2)c(CO)c1.[Pt+2]. The topological polar surface area (TPSA) is 73.7 Å². The Morgan fingerprint density at radius 3 is 2.05 bits per heavy atom. The van der Waals surface area contributed by atoms with Gasteiger partial charge in [-0.25, -0.2) is 0 Å². The number of pyridine rings is 2. The van der Waals surface area contributed by atoms with Crippen LogP contribution in [0.25, 0.3) is 22.5 Å². The van der Waals surface area contributed by atoms with E-state index in [4.69, 9.17) is 14.2 Å². The fraction of sp³-hybridized carbons (Fsp3) is 0.241. The van der Waals surface area contributed by atoms with Gasteiger partial charge in [-0.05, 0) is 36.2 Å². The van der Waals surface area contributed by atoms with E-state index in [1.807, 2.05) is 37.4 Å². The first-order valence-electron chi connectivity index (χ1n) is 11.4. The Hall–Kier alpha value is -2.86. The molecule has 1 N–H and O–H groups in total. The molecular weight excluding hydrogens is 667 g/mol. The summed E-state index contributed by atoms with van der Waals surface area (Å²) in [5.41, 5.74) is 5.24. The van der Waals surface area contributed by atoms with Crippen LogP contribution < -0.4 is 14.2 Å². The third-order valence-electron chi connectivity index (χ3n) is 5.21. The van der Waals surface area contributed by atoms with Gasteiger partial charge in [0.1, 0.15) is 0 Å². The quantitative estimate of drug-likeness (QED) is 0.178. The average molecular weight is 698 g/mol. The molecule has 0 saturated carbocycles. The predicted octanol–water partition coefficient (Wildman–Crippen LogP) is 6.03. The molecule has 8 heteroatoms. The largest absolute Gasteiger partial charge is 2.00 e. The van der Waals surface area contributed by atoms with Crippen molar-refractivity contribution < 1.29 is 40.4 Å². The minimum Gasteiger partial charge on any atom is -0.540 e. The van der Waals surface area contributed by atoms with E-state index < -0.39 is 0 Å². The van der Waals surface area contributed by atoms with Crippen LogP contribution in [0.4, 0.5) is 0 Å². The molecule has 2 aromatic heterocycles.